The number of nitrogens with zero attached hydrogens (tertiary/aromatic N) is 2. The molecule has 0 atom stereocenters. The molecular weight excluding hydrogens is 520 g/mol. The molecule has 11 heteroatoms. The van der Waals surface area contributed by atoms with Gasteiger partial charge in [0.15, 0.2) is 0 Å². The summed E-state index contributed by atoms with van der Waals surface area (Å²) in [6, 6.07) is 8.70. The van der Waals surface area contributed by atoms with Crippen molar-refractivity contribution >= 4 is 49.0 Å². The van der Waals surface area contributed by atoms with Gasteiger partial charge >= 0.3 is 12.4 Å². The fourth-order valence-electron chi connectivity index (χ4n) is 3.27. The smallest absolute Gasteiger partial charge is 0.340 e. The molecule has 1 N–H and O–H groups in total. The predicted molar refractivity (Wildman–Crippen MR) is 115 cm³/mol. The zero-order valence-electron chi connectivity index (χ0n) is 16.1. The Balaban J connectivity index is 1.88. The highest BCUT2D eigenvalue weighted by atomic mass is 79.9. The summed E-state index contributed by atoms with van der Waals surface area (Å²) in [6.07, 6.45) is -8.68. The molecule has 0 aliphatic rings. The van der Waals surface area contributed by atoms with E-state index in [9.17, 15) is 26.3 Å². The number of rotatable bonds is 3. The molecule has 0 unspecified atom stereocenters. The Labute approximate surface area is 190 Å². The van der Waals surface area contributed by atoms with Crippen molar-refractivity contribution in [3.8, 4) is 11.1 Å². The van der Waals surface area contributed by atoms with Gasteiger partial charge in [-0.1, -0.05) is 28.1 Å². The van der Waals surface area contributed by atoms with Crippen molar-refractivity contribution in [3.63, 3.8) is 0 Å². The summed E-state index contributed by atoms with van der Waals surface area (Å²) in [5.74, 6) is 0.115. The molecule has 0 aliphatic carbocycles. The Morgan fingerprint density at radius 2 is 1.47 bits per heavy atom. The van der Waals surface area contributed by atoms with Gasteiger partial charge in [0.05, 0.1) is 16.5 Å². The predicted octanol–water partition coefficient (Wildman–Crippen LogP) is 8.21. The van der Waals surface area contributed by atoms with Crippen LogP contribution < -0.4 is 5.32 Å². The number of hydrogen-bond donors (Lipinski definition) is 1. The topological polar surface area (TPSA) is 37.8 Å². The van der Waals surface area contributed by atoms with E-state index in [0.717, 1.165) is 20.5 Å². The van der Waals surface area contributed by atoms with Gasteiger partial charge in [0.1, 0.15) is 17.0 Å². The third-order valence-electron chi connectivity index (χ3n) is 4.65. The molecular formula is C21H12BrF6N3S. The van der Waals surface area contributed by atoms with Crippen LogP contribution in [0.1, 0.15) is 16.0 Å². The number of benzene rings is 2. The van der Waals surface area contributed by atoms with E-state index in [1.807, 2.05) is 31.2 Å². The third-order valence-corrected chi connectivity index (χ3v) is 6.19. The number of thiophene rings is 1. The summed E-state index contributed by atoms with van der Waals surface area (Å²) in [7, 11) is 0. The molecule has 0 radical (unpaired) electrons. The van der Waals surface area contributed by atoms with Gasteiger partial charge in [-0.25, -0.2) is 9.97 Å². The number of nitrogens with one attached hydrogen (secondary N) is 1. The molecule has 3 nitrogen and oxygen atoms in total. The molecule has 0 saturated heterocycles. The van der Waals surface area contributed by atoms with Crippen molar-refractivity contribution in [2.75, 3.05) is 5.32 Å². The Morgan fingerprint density at radius 1 is 0.875 bits per heavy atom. The molecule has 0 amide bonds. The first-order valence-electron chi connectivity index (χ1n) is 9.00. The minimum atomic E-state index is -4.94. The van der Waals surface area contributed by atoms with Gasteiger partial charge in [0.25, 0.3) is 0 Å². The van der Waals surface area contributed by atoms with E-state index in [2.05, 4.69) is 31.2 Å². The number of aromatic nitrogens is 2. The van der Waals surface area contributed by atoms with E-state index in [-0.39, 0.29) is 17.6 Å². The third kappa shape index (κ3) is 4.44. The van der Waals surface area contributed by atoms with Crippen LogP contribution >= 0.6 is 27.3 Å². The number of anilines is 2. The van der Waals surface area contributed by atoms with Crippen LogP contribution in [0, 0.1) is 6.92 Å². The first kappa shape index (κ1) is 22.5. The van der Waals surface area contributed by atoms with Gasteiger partial charge < -0.3 is 5.32 Å². The van der Waals surface area contributed by atoms with Crippen molar-refractivity contribution in [2.45, 2.75) is 19.3 Å². The summed E-state index contributed by atoms with van der Waals surface area (Å²) in [4.78, 5) is 9.77. The molecule has 2 aromatic carbocycles. The minimum Gasteiger partial charge on any atom is -0.340 e. The maximum absolute atomic E-state index is 13.2. The maximum atomic E-state index is 13.2. The van der Waals surface area contributed by atoms with Crippen molar-refractivity contribution in [2.24, 2.45) is 0 Å². The maximum Gasteiger partial charge on any atom is 0.416 e. The molecule has 2 aromatic heterocycles. The van der Waals surface area contributed by atoms with E-state index in [1.54, 1.807) is 0 Å². The fourth-order valence-corrected chi connectivity index (χ4v) is 4.54. The van der Waals surface area contributed by atoms with Crippen molar-refractivity contribution < 1.29 is 26.3 Å². The number of hydrogen-bond acceptors (Lipinski definition) is 4. The highest BCUT2D eigenvalue weighted by Gasteiger charge is 2.37. The lowest BCUT2D eigenvalue weighted by molar-refractivity contribution is -0.143. The SMILES string of the molecule is Cc1sc2ncnc(Nc3cc(C(F)(F)F)cc(C(F)(F)F)c3)c2c1-c1ccc(Br)cc1. The van der Waals surface area contributed by atoms with Crippen LogP contribution in [0.5, 0.6) is 0 Å². The molecule has 0 fully saturated rings. The van der Waals surface area contributed by atoms with Crippen molar-refractivity contribution in [3.05, 3.63) is 69.3 Å². The van der Waals surface area contributed by atoms with Gasteiger partial charge in [-0.3, -0.25) is 0 Å². The molecule has 0 spiro atoms. The second-order valence-corrected chi connectivity index (χ2v) is 8.98. The Kier molecular flexibility index (Phi) is 5.66. The first-order valence-corrected chi connectivity index (χ1v) is 10.6. The normalized spacial score (nSPS) is 12.4. The highest BCUT2D eigenvalue weighted by Crippen LogP contribution is 2.42. The zero-order chi connectivity index (χ0) is 23.3. The van der Waals surface area contributed by atoms with E-state index in [1.165, 1.54) is 17.7 Å². The lowest BCUT2D eigenvalue weighted by Gasteiger charge is -2.15. The standard InChI is InChI=1S/C21H12BrF6N3S/c1-10-16(11-2-4-14(22)5-3-11)17-18(29-9-30-19(17)32-10)31-15-7-12(20(23,24)25)6-13(8-15)21(26,27)28/h2-9H,1H3,(H,29,30,31). The molecule has 0 bridgehead atoms. The van der Waals surface area contributed by atoms with Crippen LogP contribution in [0.25, 0.3) is 21.3 Å². The van der Waals surface area contributed by atoms with Crippen LogP contribution in [0.15, 0.2) is 53.3 Å². The Morgan fingerprint density at radius 3 is 2.03 bits per heavy atom. The van der Waals surface area contributed by atoms with E-state index < -0.39 is 23.5 Å². The zero-order valence-corrected chi connectivity index (χ0v) is 18.5. The van der Waals surface area contributed by atoms with E-state index in [4.69, 9.17) is 0 Å². The monoisotopic (exact) mass is 531 g/mol. The van der Waals surface area contributed by atoms with Crippen LogP contribution in [0.3, 0.4) is 0 Å². The summed E-state index contributed by atoms with van der Waals surface area (Å²) < 4.78 is 80.2. The Bertz CT molecular complexity index is 1260. The van der Waals surface area contributed by atoms with E-state index in [0.29, 0.717) is 22.3 Å². The second kappa shape index (κ2) is 8.04. The summed E-state index contributed by atoms with van der Waals surface area (Å²) >= 11 is 4.72. The molecule has 0 aliphatic heterocycles. The first-order chi connectivity index (χ1) is 14.9. The van der Waals surface area contributed by atoms with Crippen LogP contribution in [-0.4, -0.2) is 9.97 Å². The van der Waals surface area contributed by atoms with Crippen LogP contribution in [-0.2, 0) is 12.4 Å². The molecule has 32 heavy (non-hydrogen) atoms. The number of fused-ring (bicyclic) bond motifs is 1. The quantitative estimate of drug-likeness (QED) is 0.270. The minimum absolute atomic E-state index is 0.0861. The van der Waals surface area contributed by atoms with E-state index >= 15 is 0 Å². The highest BCUT2D eigenvalue weighted by molar-refractivity contribution is 9.10. The number of halogens is 7. The van der Waals surface area contributed by atoms with Gasteiger partial charge in [-0.15, -0.1) is 11.3 Å². The van der Waals surface area contributed by atoms with Gasteiger partial charge in [-0.2, -0.15) is 26.3 Å². The second-order valence-electron chi connectivity index (χ2n) is 6.86. The average molecular weight is 532 g/mol. The lowest BCUT2D eigenvalue weighted by atomic mass is 10.0. The van der Waals surface area contributed by atoms with Crippen LogP contribution in [0.2, 0.25) is 0 Å². The van der Waals surface area contributed by atoms with Crippen molar-refractivity contribution in [1.82, 2.24) is 9.97 Å². The molecule has 2 heterocycles. The number of aryl methyl sites for hydroxylation is 1. The summed E-state index contributed by atoms with van der Waals surface area (Å²) in [6.45, 7) is 1.86. The molecule has 4 aromatic rings. The van der Waals surface area contributed by atoms with Gasteiger partial charge in [-0.05, 0) is 42.8 Å². The van der Waals surface area contributed by atoms with Gasteiger partial charge in [0, 0.05) is 20.6 Å². The largest absolute Gasteiger partial charge is 0.416 e. The fraction of sp³-hybridized carbons (Fsp3) is 0.143. The Hall–Kier alpha value is -2.66. The average Bonchev–Trinajstić information content (AvgIpc) is 3.04. The molecule has 4 rings (SSSR count). The van der Waals surface area contributed by atoms with Crippen LogP contribution in [0.4, 0.5) is 37.8 Å². The van der Waals surface area contributed by atoms with Gasteiger partial charge in [0.2, 0.25) is 0 Å². The summed E-state index contributed by atoms with van der Waals surface area (Å²) in [5, 5.41) is 3.17. The summed E-state index contributed by atoms with van der Waals surface area (Å²) in [5.41, 5.74) is -1.62. The van der Waals surface area contributed by atoms with Crippen molar-refractivity contribution in [1.29, 1.82) is 0 Å². The lowest BCUT2D eigenvalue weighted by Crippen LogP contribution is -2.11. The molecule has 0 saturated carbocycles. The number of alkyl halides is 6. The molecule has 166 valence electrons.